The Labute approximate surface area is 195 Å². The highest BCUT2D eigenvalue weighted by molar-refractivity contribution is 7.14. The molecule has 4 rings (SSSR count). The molecule has 2 saturated heterocycles. The van der Waals surface area contributed by atoms with Gasteiger partial charge in [-0.3, -0.25) is 9.69 Å². The normalized spacial score (nSPS) is 18.1. The summed E-state index contributed by atoms with van der Waals surface area (Å²) in [6.07, 6.45) is 6.03. The quantitative estimate of drug-likeness (QED) is 0.737. The van der Waals surface area contributed by atoms with Crippen LogP contribution in [0.15, 0.2) is 42.5 Å². The van der Waals surface area contributed by atoms with Crippen LogP contribution in [0.25, 0.3) is 0 Å². The molecule has 2 aliphatic heterocycles. The van der Waals surface area contributed by atoms with Crippen molar-refractivity contribution < 1.29 is 9.59 Å². The minimum absolute atomic E-state index is 0.0565. The molecule has 2 aliphatic rings. The highest BCUT2D eigenvalue weighted by Gasteiger charge is 2.24. The summed E-state index contributed by atoms with van der Waals surface area (Å²) < 4.78 is 0. The van der Waals surface area contributed by atoms with Crippen molar-refractivity contribution in [2.45, 2.75) is 45.2 Å². The number of benzene rings is 1. The molecule has 6 nitrogen and oxygen atoms in total. The van der Waals surface area contributed by atoms with Gasteiger partial charge in [0, 0.05) is 44.1 Å². The fourth-order valence-electron chi connectivity index (χ4n) is 4.46. The summed E-state index contributed by atoms with van der Waals surface area (Å²) in [6, 6.07) is 14.0. The van der Waals surface area contributed by atoms with Gasteiger partial charge in [0.15, 0.2) is 0 Å². The van der Waals surface area contributed by atoms with Gasteiger partial charge in [-0.2, -0.15) is 0 Å². The van der Waals surface area contributed by atoms with Crippen molar-refractivity contribution in [2.24, 2.45) is 0 Å². The van der Waals surface area contributed by atoms with Crippen LogP contribution in [-0.2, 0) is 13.1 Å². The van der Waals surface area contributed by atoms with E-state index in [9.17, 15) is 9.59 Å². The largest absolute Gasteiger partial charge is 0.336 e. The van der Waals surface area contributed by atoms with E-state index in [1.54, 1.807) is 11.3 Å². The van der Waals surface area contributed by atoms with Crippen LogP contribution in [0.4, 0.5) is 4.79 Å². The Morgan fingerprint density at radius 1 is 0.781 bits per heavy atom. The van der Waals surface area contributed by atoms with Gasteiger partial charge in [0.1, 0.15) is 0 Å². The molecular formula is C25H34N4O2S. The van der Waals surface area contributed by atoms with Gasteiger partial charge in [0.2, 0.25) is 0 Å². The van der Waals surface area contributed by atoms with E-state index in [-0.39, 0.29) is 11.9 Å². The zero-order valence-electron chi connectivity index (χ0n) is 18.8. The number of thiophene rings is 1. The molecule has 1 aromatic heterocycles. The standard InChI is InChI=1S/C25H34N4O2S/c30-24(23-12-11-22(32-23)20-27-13-6-1-2-7-14-27)28-15-8-16-29(18-17-28)25(31)26-19-21-9-4-3-5-10-21/h3-5,9-12H,1-2,6-8,13-20H2,(H,26,31). The number of nitrogens with one attached hydrogen (secondary N) is 1. The smallest absolute Gasteiger partial charge is 0.317 e. The summed E-state index contributed by atoms with van der Waals surface area (Å²) in [7, 11) is 0. The molecule has 3 amide bonds. The minimum atomic E-state index is -0.0565. The van der Waals surface area contributed by atoms with Crippen LogP contribution in [0.2, 0.25) is 0 Å². The number of amides is 3. The van der Waals surface area contributed by atoms with E-state index in [0.29, 0.717) is 32.7 Å². The van der Waals surface area contributed by atoms with Gasteiger partial charge in [-0.05, 0) is 50.0 Å². The first-order valence-electron chi connectivity index (χ1n) is 11.9. The molecule has 0 aliphatic carbocycles. The molecule has 0 atom stereocenters. The number of nitrogens with zero attached hydrogens (tertiary/aromatic N) is 3. The first-order valence-corrected chi connectivity index (χ1v) is 12.7. The molecule has 0 unspecified atom stereocenters. The summed E-state index contributed by atoms with van der Waals surface area (Å²) in [4.78, 5) is 34.0. The summed E-state index contributed by atoms with van der Waals surface area (Å²) in [5, 5.41) is 3.00. The van der Waals surface area contributed by atoms with Gasteiger partial charge in [0.25, 0.3) is 5.91 Å². The number of hydrogen-bond acceptors (Lipinski definition) is 4. The van der Waals surface area contributed by atoms with Crippen molar-refractivity contribution in [3.05, 3.63) is 57.8 Å². The van der Waals surface area contributed by atoms with E-state index in [4.69, 9.17) is 0 Å². The number of rotatable bonds is 5. The Hall–Kier alpha value is -2.38. The van der Waals surface area contributed by atoms with Gasteiger partial charge >= 0.3 is 6.03 Å². The average molecular weight is 455 g/mol. The van der Waals surface area contributed by atoms with Crippen LogP contribution in [-0.4, -0.2) is 65.9 Å². The first kappa shape index (κ1) is 22.8. The van der Waals surface area contributed by atoms with Gasteiger partial charge in [-0.1, -0.05) is 43.2 Å². The lowest BCUT2D eigenvalue weighted by molar-refractivity contribution is 0.0767. The van der Waals surface area contributed by atoms with E-state index < -0.39 is 0 Å². The molecule has 0 radical (unpaired) electrons. The second-order valence-electron chi connectivity index (χ2n) is 8.73. The van der Waals surface area contributed by atoms with Crippen LogP contribution < -0.4 is 5.32 Å². The second-order valence-corrected chi connectivity index (χ2v) is 9.90. The van der Waals surface area contributed by atoms with Crippen molar-refractivity contribution in [1.29, 1.82) is 0 Å². The Morgan fingerprint density at radius 3 is 2.28 bits per heavy atom. The summed E-state index contributed by atoms with van der Waals surface area (Å²) in [6.45, 7) is 6.32. The topological polar surface area (TPSA) is 55.9 Å². The van der Waals surface area contributed by atoms with Gasteiger partial charge in [-0.15, -0.1) is 11.3 Å². The van der Waals surface area contributed by atoms with E-state index in [1.165, 1.54) is 30.6 Å². The molecule has 0 saturated carbocycles. The molecule has 2 fully saturated rings. The van der Waals surface area contributed by atoms with Gasteiger partial charge < -0.3 is 15.1 Å². The molecule has 7 heteroatoms. The van der Waals surface area contributed by atoms with Crippen LogP contribution in [0.5, 0.6) is 0 Å². The van der Waals surface area contributed by atoms with E-state index in [0.717, 1.165) is 36.5 Å². The third-order valence-electron chi connectivity index (χ3n) is 6.31. The summed E-state index contributed by atoms with van der Waals surface area (Å²) >= 11 is 1.63. The molecule has 1 N–H and O–H groups in total. The van der Waals surface area contributed by atoms with Crippen LogP contribution >= 0.6 is 11.3 Å². The molecule has 0 bridgehead atoms. The van der Waals surface area contributed by atoms with Crippen molar-refractivity contribution in [3.8, 4) is 0 Å². The fourth-order valence-corrected chi connectivity index (χ4v) is 5.48. The Balaban J connectivity index is 1.27. The van der Waals surface area contributed by atoms with Crippen LogP contribution in [0.1, 0.15) is 52.2 Å². The Bertz CT molecular complexity index is 877. The maximum absolute atomic E-state index is 13.1. The lowest BCUT2D eigenvalue weighted by Crippen LogP contribution is -2.42. The van der Waals surface area contributed by atoms with Gasteiger partial charge in [-0.25, -0.2) is 4.79 Å². The van der Waals surface area contributed by atoms with Gasteiger partial charge in [0.05, 0.1) is 4.88 Å². The molecule has 172 valence electrons. The Morgan fingerprint density at radius 2 is 1.50 bits per heavy atom. The maximum Gasteiger partial charge on any atom is 0.317 e. The number of carbonyl (C=O) groups is 2. The molecule has 2 aromatic rings. The summed E-state index contributed by atoms with van der Waals surface area (Å²) in [5.41, 5.74) is 1.08. The van der Waals surface area contributed by atoms with Crippen LogP contribution in [0.3, 0.4) is 0 Å². The van der Waals surface area contributed by atoms with Crippen LogP contribution in [0, 0.1) is 0 Å². The van der Waals surface area contributed by atoms with E-state index in [1.807, 2.05) is 46.2 Å². The zero-order chi connectivity index (χ0) is 22.2. The van der Waals surface area contributed by atoms with Crippen molar-refractivity contribution in [3.63, 3.8) is 0 Å². The number of likely N-dealkylation sites (tertiary alicyclic amines) is 1. The fraction of sp³-hybridized carbons (Fsp3) is 0.520. The molecule has 1 aromatic carbocycles. The third kappa shape index (κ3) is 6.33. The summed E-state index contributed by atoms with van der Waals surface area (Å²) in [5.74, 6) is 0.101. The molecule has 0 spiro atoms. The van der Waals surface area contributed by atoms with E-state index in [2.05, 4.69) is 16.3 Å². The highest BCUT2D eigenvalue weighted by atomic mass is 32.1. The average Bonchev–Trinajstić information content (AvgIpc) is 2.99. The molecule has 3 heterocycles. The SMILES string of the molecule is O=C(NCc1ccccc1)N1CCCN(C(=O)c2ccc(CN3CCCCCC3)s2)CC1. The molecular weight excluding hydrogens is 420 g/mol. The predicted molar refractivity (Wildman–Crippen MR) is 129 cm³/mol. The number of hydrogen-bond donors (Lipinski definition) is 1. The highest BCUT2D eigenvalue weighted by Crippen LogP contribution is 2.22. The maximum atomic E-state index is 13.1. The van der Waals surface area contributed by atoms with E-state index >= 15 is 0 Å². The lowest BCUT2D eigenvalue weighted by atomic mass is 10.2. The first-order chi connectivity index (χ1) is 15.7. The Kier molecular flexibility index (Phi) is 8.18. The van der Waals surface area contributed by atoms with Crippen molar-refractivity contribution in [1.82, 2.24) is 20.0 Å². The zero-order valence-corrected chi connectivity index (χ0v) is 19.6. The monoisotopic (exact) mass is 454 g/mol. The van der Waals surface area contributed by atoms with Crippen molar-refractivity contribution >= 4 is 23.3 Å². The predicted octanol–water partition coefficient (Wildman–Crippen LogP) is 4.18. The number of carbonyl (C=O) groups excluding carboxylic acids is 2. The lowest BCUT2D eigenvalue weighted by Gasteiger charge is -2.22. The third-order valence-corrected chi connectivity index (χ3v) is 7.37. The van der Waals surface area contributed by atoms with Crippen molar-refractivity contribution in [2.75, 3.05) is 39.3 Å². The molecule has 32 heavy (non-hydrogen) atoms. The number of urea groups is 1. The second kappa shape index (κ2) is 11.5. The minimum Gasteiger partial charge on any atom is -0.336 e.